The van der Waals surface area contributed by atoms with Crippen molar-refractivity contribution in [2.24, 2.45) is 5.41 Å². The van der Waals surface area contributed by atoms with Crippen molar-refractivity contribution in [2.75, 3.05) is 49.8 Å². The summed E-state index contributed by atoms with van der Waals surface area (Å²) in [6.07, 6.45) is 5.98. The predicted molar refractivity (Wildman–Crippen MR) is 167 cm³/mol. The van der Waals surface area contributed by atoms with E-state index in [9.17, 15) is 14.7 Å². The molecule has 2 aromatic heterocycles. The number of hydrogen-bond donors (Lipinski definition) is 2. The number of aliphatic hydroxyl groups is 1. The number of aliphatic hydroxyl groups excluding tert-OH is 1. The van der Waals surface area contributed by atoms with E-state index >= 15 is 0 Å². The zero-order chi connectivity index (χ0) is 31.6. The molecule has 3 saturated heterocycles. The summed E-state index contributed by atoms with van der Waals surface area (Å²) in [7, 11) is 1.32. The average molecular weight is 649 g/mol. The molecule has 44 heavy (non-hydrogen) atoms. The van der Waals surface area contributed by atoms with Crippen LogP contribution in [0.15, 0.2) is 28.4 Å². The van der Waals surface area contributed by atoms with E-state index < -0.39 is 17.7 Å². The lowest BCUT2D eigenvalue weighted by Crippen LogP contribution is -2.55. The summed E-state index contributed by atoms with van der Waals surface area (Å²) in [4.78, 5) is 44.1. The van der Waals surface area contributed by atoms with E-state index in [1.165, 1.54) is 18.9 Å². The Bertz CT molecular complexity index is 1370. The first-order chi connectivity index (χ1) is 20.9. The number of methoxy groups -OCH3 is 1. The number of aromatic nitrogens is 3. The highest BCUT2D eigenvalue weighted by Gasteiger charge is 2.51. The smallest absolute Gasteiger partial charge is 0.407 e. The van der Waals surface area contributed by atoms with Gasteiger partial charge in [0.15, 0.2) is 11.5 Å². The van der Waals surface area contributed by atoms with Gasteiger partial charge in [-0.15, -0.1) is 0 Å². The highest BCUT2D eigenvalue weighted by molar-refractivity contribution is 7.99. The van der Waals surface area contributed by atoms with Crippen molar-refractivity contribution < 1.29 is 28.9 Å². The van der Waals surface area contributed by atoms with Crippen LogP contribution in [-0.2, 0) is 14.2 Å². The van der Waals surface area contributed by atoms with Crippen molar-refractivity contribution in [3.63, 3.8) is 0 Å². The summed E-state index contributed by atoms with van der Waals surface area (Å²) in [5.74, 6) is 0.490. The maximum absolute atomic E-state index is 12.9. The third-order valence-electron chi connectivity index (χ3n) is 8.51. The van der Waals surface area contributed by atoms with Crippen LogP contribution in [0.3, 0.4) is 0 Å². The van der Waals surface area contributed by atoms with Gasteiger partial charge in [0.2, 0.25) is 0 Å². The monoisotopic (exact) mass is 648 g/mol. The first-order valence-electron chi connectivity index (χ1n) is 15.0. The fourth-order valence-electron chi connectivity index (χ4n) is 6.30. The van der Waals surface area contributed by atoms with Gasteiger partial charge in [0.05, 0.1) is 49.7 Å². The Morgan fingerprint density at radius 3 is 2.66 bits per heavy atom. The van der Waals surface area contributed by atoms with E-state index in [-0.39, 0.29) is 35.9 Å². The molecule has 240 valence electrons. The van der Waals surface area contributed by atoms with Crippen molar-refractivity contribution in [1.29, 1.82) is 0 Å². The molecule has 14 heteroatoms. The second kappa shape index (κ2) is 13.2. The van der Waals surface area contributed by atoms with Gasteiger partial charge in [0.1, 0.15) is 16.4 Å². The Labute approximate surface area is 267 Å². The van der Waals surface area contributed by atoms with E-state index in [2.05, 4.69) is 20.3 Å². The molecule has 3 aliphatic rings. The Morgan fingerprint density at radius 2 is 1.98 bits per heavy atom. The first-order valence-corrected chi connectivity index (χ1v) is 16.2. The number of rotatable bonds is 7. The number of ether oxygens (including phenoxy) is 3. The number of halogens is 1. The number of hydrogen-bond acceptors (Lipinski definition) is 12. The van der Waals surface area contributed by atoms with Gasteiger partial charge < -0.3 is 34.4 Å². The lowest BCUT2D eigenvalue weighted by Gasteiger charge is -2.43. The van der Waals surface area contributed by atoms with Gasteiger partial charge in [0.25, 0.3) is 0 Å². The zero-order valence-corrected chi connectivity index (χ0v) is 27.4. The number of carbonyl (C=O) groups excluding carboxylic acids is 2. The van der Waals surface area contributed by atoms with E-state index in [1.54, 1.807) is 18.5 Å². The molecular formula is C30H41ClN6O6S. The van der Waals surface area contributed by atoms with Crippen molar-refractivity contribution in [2.45, 2.75) is 87.1 Å². The summed E-state index contributed by atoms with van der Waals surface area (Å²) in [5, 5.41) is 13.8. The molecule has 1 unspecified atom stereocenters. The van der Waals surface area contributed by atoms with Crippen molar-refractivity contribution >= 4 is 47.1 Å². The maximum atomic E-state index is 12.9. The standard InChI is InChI=1S/C30H41ClN6O6S/c1-18-24(35-28(40)43-29(2,3)4)30(17-42-18)9-13-36(14-10-30)26-23(27(39)41-5)34-21(15-33-26)44-20-8-11-32-25(22(20)31)37-12-6-7-19(37)16-38/h8,11,15,18-19,24,38H,6-7,9-10,12-14,16-17H2,1-5H3,(H,35,40)/t18-,19?,24+/m0/s1. The van der Waals surface area contributed by atoms with Crippen LogP contribution >= 0.6 is 23.4 Å². The fraction of sp³-hybridized carbons (Fsp3) is 0.633. The minimum Gasteiger partial charge on any atom is -0.464 e. The molecular weight excluding hydrogens is 608 g/mol. The van der Waals surface area contributed by atoms with Gasteiger partial charge in [0, 0.05) is 36.1 Å². The minimum atomic E-state index is -0.599. The van der Waals surface area contributed by atoms with E-state index in [0.717, 1.165) is 37.1 Å². The summed E-state index contributed by atoms with van der Waals surface area (Å²) in [6.45, 7) is 10.00. The Balaban J connectivity index is 1.32. The second-order valence-electron chi connectivity index (χ2n) is 12.6. The maximum Gasteiger partial charge on any atom is 0.407 e. The Kier molecular flexibility index (Phi) is 9.78. The highest BCUT2D eigenvalue weighted by atomic mass is 35.5. The van der Waals surface area contributed by atoms with Gasteiger partial charge in [-0.2, -0.15) is 0 Å². The highest BCUT2D eigenvalue weighted by Crippen LogP contribution is 2.44. The quantitative estimate of drug-likeness (QED) is 0.413. The van der Waals surface area contributed by atoms with Crippen LogP contribution in [0.25, 0.3) is 0 Å². The number of nitrogens with one attached hydrogen (secondary N) is 1. The molecule has 0 bridgehead atoms. The van der Waals surface area contributed by atoms with Crippen LogP contribution in [0, 0.1) is 5.41 Å². The van der Waals surface area contributed by atoms with Crippen LogP contribution in [0.2, 0.25) is 5.02 Å². The SMILES string of the molecule is COC(=O)c1nc(Sc2ccnc(N3CCCC3CO)c2Cl)cnc1N1CCC2(CC1)CO[C@@H](C)[C@H]2NC(=O)OC(C)(C)C. The van der Waals surface area contributed by atoms with Crippen LogP contribution in [-0.4, -0.2) is 95.9 Å². The molecule has 1 spiro atoms. The number of alkyl carbamates (subject to hydrolysis) is 1. The van der Waals surface area contributed by atoms with Gasteiger partial charge in [-0.25, -0.2) is 24.5 Å². The number of esters is 1. The molecule has 0 aliphatic carbocycles. The van der Waals surface area contributed by atoms with Gasteiger partial charge in [-0.1, -0.05) is 23.4 Å². The molecule has 3 atom stereocenters. The Morgan fingerprint density at radius 1 is 1.23 bits per heavy atom. The van der Waals surface area contributed by atoms with Crippen LogP contribution in [0.5, 0.6) is 0 Å². The third-order valence-corrected chi connectivity index (χ3v) is 9.96. The normalized spacial score (nSPS) is 23.2. The molecule has 2 N–H and O–H groups in total. The van der Waals surface area contributed by atoms with Crippen molar-refractivity contribution in [3.05, 3.63) is 29.2 Å². The molecule has 0 saturated carbocycles. The van der Waals surface area contributed by atoms with Crippen LogP contribution < -0.4 is 15.1 Å². The molecule has 12 nitrogen and oxygen atoms in total. The number of nitrogens with zero attached hydrogens (tertiary/aromatic N) is 5. The minimum absolute atomic E-state index is 0.0173. The van der Waals surface area contributed by atoms with E-state index in [0.29, 0.717) is 41.4 Å². The number of anilines is 2. The number of pyridine rings is 1. The van der Waals surface area contributed by atoms with Gasteiger partial charge >= 0.3 is 12.1 Å². The zero-order valence-electron chi connectivity index (χ0n) is 25.8. The number of amides is 1. The summed E-state index contributed by atoms with van der Waals surface area (Å²) >= 11 is 8.08. The van der Waals surface area contributed by atoms with Gasteiger partial charge in [-0.05, 0) is 59.4 Å². The third kappa shape index (κ3) is 6.85. The number of carbonyl (C=O) groups is 2. The second-order valence-corrected chi connectivity index (χ2v) is 14.0. The van der Waals surface area contributed by atoms with Crippen LogP contribution in [0.1, 0.15) is 63.9 Å². The molecule has 3 aliphatic heterocycles. The van der Waals surface area contributed by atoms with E-state index in [4.69, 9.17) is 25.8 Å². The largest absolute Gasteiger partial charge is 0.464 e. The van der Waals surface area contributed by atoms with Crippen molar-refractivity contribution in [3.8, 4) is 0 Å². The lowest BCUT2D eigenvalue weighted by atomic mass is 9.73. The molecule has 5 rings (SSSR count). The molecule has 0 radical (unpaired) electrons. The molecule has 5 heterocycles. The average Bonchev–Trinajstić information content (AvgIpc) is 3.58. The van der Waals surface area contributed by atoms with Gasteiger partial charge in [-0.3, -0.25) is 0 Å². The predicted octanol–water partition coefficient (Wildman–Crippen LogP) is 4.32. The lowest BCUT2D eigenvalue weighted by molar-refractivity contribution is 0.0433. The molecule has 1 amide bonds. The topological polar surface area (TPSA) is 139 Å². The summed E-state index contributed by atoms with van der Waals surface area (Å²) < 4.78 is 16.6. The first kappa shape index (κ1) is 32.5. The van der Waals surface area contributed by atoms with Crippen LogP contribution in [0.4, 0.5) is 16.4 Å². The Hall–Kier alpha value is -2.87. The molecule has 3 fully saturated rings. The summed E-state index contributed by atoms with van der Waals surface area (Å²) in [6, 6.07) is 1.58. The molecule has 0 aromatic carbocycles. The summed E-state index contributed by atoms with van der Waals surface area (Å²) in [5.41, 5.74) is -0.738. The molecule has 2 aromatic rings. The van der Waals surface area contributed by atoms with Crippen molar-refractivity contribution in [1.82, 2.24) is 20.3 Å². The van der Waals surface area contributed by atoms with E-state index in [1.807, 2.05) is 37.5 Å². The fourth-order valence-corrected chi connectivity index (χ4v) is 7.41. The number of piperidine rings is 1.